The minimum Gasteiger partial charge on any atom is -0.278 e. The molecular formula is C14H15ClN2O2S. The van der Waals surface area contributed by atoms with Crippen molar-refractivity contribution in [2.24, 2.45) is 0 Å². The van der Waals surface area contributed by atoms with Crippen LogP contribution in [0.3, 0.4) is 0 Å². The van der Waals surface area contributed by atoms with E-state index in [0.717, 1.165) is 5.56 Å². The van der Waals surface area contributed by atoms with E-state index in [1.165, 1.54) is 6.20 Å². The van der Waals surface area contributed by atoms with Gasteiger partial charge in [-0.3, -0.25) is 4.72 Å². The molecular weight excluding hydrogens is 296 g/mol. The average molecular weight is 311 g/mol. The summed E-state index contributed by atoms with van der Waals surface area (Å²) in [6.45, 7) is 5.39. The molecule has 0 unspecified atom stereocenters. The zero-order chi connectivity index (χ0) is 14.9. The minimum atomic E-state index is -3.63. The summed E-state index contributed by atoms with van der Waals surface area (Å²) in [5.41, 5.74) is 2.70. The second-order valence-electron chi connectivity index (χ2n) is 4.71. The molecule has 4 nitrogen and oxygen atoms in total. The lowest BCUT2D eigenvalue weighted by atomic mass is 10.2. The maximum Gasteiger partial charge on any atom is 0.262 e. The number of hydrogen-bond donors (Lipinski definition) is 1. The third-order valence-electron chi connectivity index (χ3n) is 2.90. The molecule has 0 spiro atoms. The number of sulfonamides is 1. The lowest BCUT2D eigenvalue weighted by molar-refractivity contribution is 0.600. The van der Waals surface area contributed by atoms with E-state index in [0.29, 0.717) is 22.0 Å². The number of halogens is 1. The van der Waals surface area contributed by atoms with Gasteiger partial charge in [-0.1, -0.05) is 23.7 Å². The predicted molar refractivity (Wildman–Crippen MR) is 80.7 cm³/mol. The Hall–Kier alpha value is -1.59. The Morgan fingerprint density at radius 2 is 1.80 bits per heavy atom. The monoisotopic (exact) mass is 310 g/mol. The topological polar surface area (TPSA) is 59.1 Å². The second kappa shape index (κ2) is 5.42. The molecule has 2 aromatic rings. The van der Waals surface area contributed by atoms with Gasteiger partial charge in [0.05, 0.1) is 16.8 Å². The van der Waals surface area contributed by atoms with Gasteiger partial charge in [0.1, 0.15) is 5.15 Å². The number of aryl methyl sites for hydroxylation is 3. The lowest BCUT2D eigenvalue weighted by Gasteiger charge is -2.11. The number of nitrogens with one attached hydrogen (secondary N) is 1. The Labute approximate surface area is 123 Å². The number of benzene rings is 1. The van der Waals surface area contributed by atoms with Gasteiger partial charge >= 0.3 is 0 Å². The quantitative estimate of drug-likeness (QED) is 0.883. The largest absolute Gasteiger partial charge is 0.278 e. The number of anilines is 1. The highest BCUT2D eigenvalue weighted by Crippen LogP contribution is 2.22. The highest BCUT2D eigenvalue weighted by Gasteiger charge is 2.17. The van der Waals surface area contributed by atoms with Crippen LogP contribution in [0.25, 0.3) is 0 Å². The van der Waals surface area contributed by atoms with Crippen LogP contribution in [-0.2, 0) is 10.0 Å². The molecule has 0 aliphatic rings. The summed E-state index contributed by atoms with van der Waals surface area (Å²) in [6.07, 6.45) is 1.40. The number of hydrogen-bond acceptors (Lipinski definition) is 3. The summed E-state index contributed by atoms with van der Waals surface area (Å²) in [5.74, 6) is 0. The zero-order valence-corrected chi connectivity index (χ0v) is 13.0. The van der Waals surface area contributed by atoms with Crippen LogP contribution < -0.4 is 4.72 Å². The number of nitrogens with zero attached hydrogens (tertiary/aromatic N) is 1. The van der Waals surface area contributed by atoms with Crippen molar-refractivity contribution in [1.29, 1.82) is 0 Å². The highest BCUT2D eigenvalue weighted by atomic mass is 35.5. The molecule has 0 bridgehead atoms. The van der Waals surface area contributed by atoms with Gasteiger partial charge in [-0.2, -0.15) is 0 Å². The summed E-state index contributed by atoms with van der Waals surface area (Å²) in [4.78, 5) is 4.20. The van der Waals surface area contributed by atoms with Gasteiger partial charge in [0.2, 0.25) is 0 Å². The molecule has 6 heteroatoms. The van der Waals surface area contributed by atoms with Crippen molar-refractivity contribution in [1.82, 2.24) is 4.98 Å². The van der Waals surface area contributed by atoms with E-state index in [9.17, 15) is 8.42 Å². The first-order valence-electron chi connectivity index (χ1n) is 6.02. The molecule has 2 rings (SSSR count). The molecule has 1 heterocycles. The Balaban J connectivity index is 2.40. The Morgan fingerprint density at radius 3 is 2.45 bits per heavy atom. The summed E-state index contributed by atoms with van der Waals surface area (Å²) >= 11 is 5.83. The number of rotatable bonds is 3. The van der Waals surface area contributed by atoms with Crippen molar-refractivity contribution in [3.8, 4) is 0 Å². The minimum absolute atomic E-state index is 0.269. The van der Waals surface area contributed by atoms with Crippen LogP contribution in [0.2, 0.25) is 5.15 Å². The molecule has 0 aliphatic carbocycles. The van der Waals surface area contributed by atoms with Crippen molar-refractivity contribution in [2.75, 3.05) is 4.72 Å². The molecule has 0 amide bonds. The predicted octanol–water partition coefficient (Wildman–Crippen LogP) is 3.46. The molecule has 1 aromatic carbocycles. The molecule has 0 atom stereocenters. The van der Waals surface area contributed by atoms with Crippen molar-refractivity contribution >= 4 is 27.3 Å². The molecule has 106 valence electrons. The molecule has 1 aromatic heterocycles. The van der Waals surface area contributed by atoms with E-state index < -0.39 is 10.0 Å². The first-order chi connectivity index (χ1) is 9.29. The summed E-state index contributed by atoms with van der Waals surface area (Å²) in [7, 11) is -3.63. The normalized spacial score (nSPS) is 11.4. The Morgan fingerprint density at radius 1 is 1.10 bits per heavy atom. The fraction of sp³-hybridized carbons (Fsp3) is 0.214. The third kappa shape index (κ3) is 3.11. The highest BCUT2D eigenvalue weighted by molar-refractivity contribution is 7.92. The standard InChI is InChI=1S/C14H15ClN2O2S/c1-9-4-5-10(2)13(6-9)20(18,19)17-12-7-11(3)14(15)16-8-12/h4-8,17H,1-3H3. The Kier molecular flexibility index (Phi) is 4.01. The average Bonchev–Trinajstić information content (AvgIpc) is 2.36. The maximum atomic E-state index is 12.4. The fourth-order valence-corrected chi connectivity index (χ4v) is 3.29. The van der Waals surface area contributed by atoms with E-state index in [4.69, 9.17) is 11.6 Å². The summed E-state index contributed by atoms with van der Waals surface area (Å²) < 4.78 is 27.3. The number of pyridine rings is 1. The van der Waals surface area contributed by atoms with Crippen LogP contribution in [0.15, 0.2) is 35.4 Å². The van der Waals surface area contributed by atoms with Gasteiger partial charge in [-0.15, -0.1) is 0 Å². The van der Waals surface area contributed by atoms with Gasteiger partial charge in [-0.25, -0.2) is 13.4 Å². The van der Waals surface area contributed by atoms with Crippen LogP contribution in [0, 0.1) is 20.8 Å². The Bertz CT molecular complexity index is 758. The third-order valence-corrected chi connectivity index (χ3v) is 4.82. The first kappa shape index (κ1) is 14.8. The van der Waals surface area contributed by atoms with E-state index >= 15 is 0 Å². The molecule has 20 heavy (non-hydrogen) atoms. The van der Waals surface area contributed by atoms with Crippen molar-refractivity contribution in [2.45, 2.75) is 25.7 Å². The van der Waals surface area contributed by atoms with E-state index in [1.54, 1.807) is 32.0 Å². The van der Waals surface area contributed by atoms with Crippen molar-refractivity contribution < 1.29 is 8.42 Å². The van der Waals surface area contributed by atoms with Gasteiger partial charge in [0.15, 0.2) is 0 Å². The lowest BCUT2D eigenvalue weighted by Crippen LogP contribution is -2.14. The van der Waals surface area contributed by atoms with Crippen LogP contribution >= 0.6 is 11.6 Å². The zero-order valence-electron chi connectivity index (χ0n) is 11.4. The second-order valence-corrected chi connectivity index (χ2v) is 6.71. The molecule has 0 radical (unpaired) electrons. The van der Waals surface area contributed by atoms with Crippen molar-refractivity contribution in [3.05, 3.63) is 52.3 Å². The van der Waals surface area contributed by atoms with Crippen molar-refractivity contribution in [3.63, 3.8) is 0 Å². The van der Waals surface area contributed by atoms with Gasteiger partial charge in [-0.05, 0) is 49.6 Å². The van der Waals surface area contributed by atoms with E-state index in [1.807, 2.05) is 13.0 Å². The molecule has 0 fully saturated rings. The summed E-state index contributed by atoms with van der Waals surface area (Å²) in [6, 6.07) is 6.96. The van der Waals surface area contributed by atoms with Crippen LogP contribution in [0.1, 0.15) is 16.7 Å². The van der Waals surface area contributed by atoms with Gasteiger partial charge < -0.3 is 0 Å². The van der Waals surface area contributed by atoms with Gasteiger partial charge in [0, 0.05) is 0 Å². The van der Waals surface area contributed by atoms with E-state index in [2.05, 4.69) is 9.71 Å². The molecule has 0 aliphatic heterocycles. The van der Waals surface area contributed by atoms with Crippen LogP contribution in [-0.4, -0.2) is 13.4 Å². The molecule has 1 N–H and O–H groups in total. The maximum absolute atomic E-state index is 12.4. The van der Waals surface area contributed by atoms with E-state index in [-0.39, 0.29) is 4.90 Å². The summed E-state index contributed by atoms with van der Waals surface area (Å²) in [5, 5.41) is 0.361. The fourth-order valence-electron chi connectivity index (χ4n) is 1.82. The SMILES string of the molecule is Cc1ccc(C)c(S(=O)(=O)Nc2cnc(Cl)c(C)c2)c1. The molecule has 0 saturated carbocycles. The number of aromatic nitrogens is 1. The van der Waals surface area contributed by atoms with Crippen LogP contribution in [0.4, 0.5) is 5.69 Å². The first-order valence-corrected chi connectivity index (χ1v) is 7.88. The van der Waals surface area contributed by atoms with Crippen LogP contribution in [0.5, 0.6) is 0 Å². The molecule has 0 saturated heterocycles. The smallest absolute Gasteiger partial charge is 0.262 e. The van der Waals surface area contributed by atoms with Gasteiger partial charge in [0.25, 0.3) is 10.0 Å².